The van der Waals surface area contributed by atoms with Gasteiger partial charge in [0, 0.05) is 0 Å². The predicted octanol–water partition coefficient (Wildman–Crippen LogP) is 1.44. The van der Waals surface area contributed by atoms with Crippen LogP contribution in [0.25, 0.3) is 0 Å². The van der Waals surface area contributed by atoms with Crippen LogP contribution in [0.15, 0.2) is 0 Å². The summed E-state index contributed by atoms with van der Waals surface area (Å²) in [6.45, 7) is 4.04. The number of rotatable bonds is 4. The third-order valence-corrected chi connectivity index (χ3v) is 4.31. The zero-order valence-corrected chi connectivity index (χ0v) is 10.3. The van der Waals surface area contributed by atoms with E-state index in [4.69, 9.17) is 0 Å². The van der Waals surface area contributed by atoms with Gasteiger partial charge < -0.3 is 10.4 Å². The summed E-state index contributed by atoms with van der Waals surface area (Å²) in [5, 5.41) is 12.1. The molecule has 0 aromatic heterocycles. The van der Waals surface area contributed by atoms with Crippen molar-refractivity contribution in [1.82, 2.24) is 5.32 Å². The molecule has 0 heterocycles. The fourth-order valence-corrected chi connectivity index (χ4v) is 1.67. The molecular formula is C10H18BrNO2. The van der Waals surface area contributed by atoms with Crippen molar-refractivity contribution in [2.75, 3.05) is 6.61 Å². The summed E-state index contributed by atoms with van der Waals surface area (Å²) >= 11 is 3.35. The molecule has 1 unspecified atom stereocenters. The maximum atomic E-state index is 11.7. The maximum absolute atomic E-state index is 11.7. The Morgan fingerprint density at radius 3 is 2.43 bits per heavy atom. The second kappa shape index (κ2) is 4.62. The molecule has 0 aromatic rings. The quantitative estimate of drug-likeness (QED) is 0.755. The summed E-state index contributed by atoms with van der Waals surface area (Å²) in [5.41, 5.74) is -0.321. The molecule has 1 fully saturated rings. The summed E-state index contributed by atoms with van der Waals surface area (Å²) in [6, 6.07) is 0. The monoisotopic (exact) mass is 263 g/mol. The first-order valence-electron chi connectivity index (χ1n) is 5.08. The van der Waals surface area contributed by atoms with E-state index in [0.717, 1.165) is 19.3 Å². The summed E-state index contributed by atoms with van der Waals surface area (Å²) in [7, 11) is 0. The number of carbonyl (C=O) groups is 1. The highest BCUT2D eigenvalue weighted by atomic mass is 79.9. The topological polar surface area (TPSA) is 49.3 Å². The van der Waals surface area contributed by atoms with Crippen LogP contribution in [-0.4, -0.2) is 28.0 Å². The molecule has 82 valence electrons. The lowest BCUT2D eigenvalue weighted by atomic mass is 9.77. The molecule has 1 atom stereocenters. The van der Waals surface area contributed by atoms with Gasteiger partial charge in [-0.2, -0.15) is 0 Å². The molecule has 0 bridgehead atoms. The molecular weight excluding hydrogens is 246 g/mol. The maximum Gasteiger partial charge on any atom is 0.234 e. The van der Waals surface area contributed by atoms with Crippen molar-refractivity contribution < 1.29 is 9.90 Å². The lowest BCUT2D eigenvalue weighted by molar-refractivity contribution is -0.125. The number of nitrogens with one attached hydrogen (secondary N) is 1. The fraction of sp³-hybridized carbons (Fsp3) is 0.900. The summed E-state index contributed by atoms with van der Waals surface area (Å²) in [5.74, 6) is 0.263. The molecule has 3 nitrogen and oxygen atoms in total. The minimum absolute atomic E-state index is 0.00579. The Balaban J connectivity index is 2.47. The minimum Gasteiger partial charge on any atom is -0.394 e. The van der Waals surface area contributed by atoms with Crippen LogP contribution in [-0.2, 0) is 4.79 Å². The van der Waals surface area contributed by atoms with Crippen LogP contribution in [0.2, 0.25) is 0 Å². The van der Waals surface area contributed by atoms with Gasteiger partial charge in [-0.25, -0.2) is 0 Å². The average molecular weight is 264 g/mol. The number of aliphatic hydroxyl groups is 1. The van der Waals surface area contributed by atoms with Gasteiger partial charge in [0.15, 0.2) is 0 Å². The molecule has 0 spiro atoms. The van der Waals surface area contributed by atoms with E-state index in [9.17, 15) is 9.90 Å². The Kier molecular flexibility index (Phi) is 3.95. The molecule has 1 aliphatic carbocycles. The number of carbonyl (C=O) groups excluding carboxylic acids is 1. The first-order chi connectivity index (χ1) is 6.51. The fourth-order valence-electron chi connectivity index (χ4n) is 1.56. The van der Waals surface area contributed by atoms with Gasteiger partial charge in [-0.3, -0.25) is 4.79 Å². The SMILES string of the molecule is CC(C)C(Br)C(=O)NC1(CO)CCC1. The Hall–Kier alpha value is -0.0900. The molecule has 1 aliphatic rings. The molecule has 2 N–H and O–H groups in total. The molecule has 0 aliphatic heterocycles. The Morgan fingerprint density at radius 1 is 1.57 bits per heavy atom. The second-order valence-corrected chi connectivity index (χ2v) is 5.41. The Bertz CT molecular complexity index is 209. The lowest BCUT2D eigenvalue weighted by Crippen LogP contribution is -2.58. The average Bonchev–Trinajstić information content (AvgIpc) is 2.09. The van der Waals surface area contributed by atoms with E-state index < -0.39 is 0 Å². The van der Waals surface area contributed by atoms with E-state index in [1.54, 1.807) is 0 Å². The first kappa shape index (κ1) is 12.0. The molecule has 0 radical (unpaired) electrons. The van der Waals surface area contributed by atoms with E-state index in [-0.39, 0.29) is 28.8 Å². The molecule has 0 saturated heterocycles. The lowest BCUT2D eigenvalue weighted by Gasteiger charge is -2.41. The van der Waals surface area contributed by atoms with Crippen molar-refractivity contribution in [3.05, 3.63) is 0 Å². The zero-order chi connectivity index (χ0) is 10.8. The highest BCUT2D eigenvalue weighted by Crippen LogP contribution is 2.31. The Labute approximate surface area is 93.4 Å². The van der Waals surface area contributed by atoms with Gasteiger partial charge in [-0.15, -0.1) is 0 Å². The van der Waals surface area contributed by atoms with Crippen LogP contribution in [0, 0.1) is 5.92 Å². The molecule has 14 heavy (non-hydrogen) atoms. The number of alkyl halides is 1. The molecule has 1 amide bonds. The first-order valence-corrected chi connectivity index (χ1v) is 5.99. The van der Waals surface area contributed by atoms with Gasteiger partial charge in [0.25, 0.3) is 0 Å². The number of amides is 1. The third kappa shape index (κ3) is 2.48. The third-order valence-electron chi connectivity index (χ3n) is 2.84. The molecule has 1 saturated carbocycles. The smallest absolute Gasteiger partial charge is 0.234 e. The van der Waals surface area contributed by atoms with Crippen LogP contribution >= 0.6 is 15.9 Å². The van der Waals surface area contributed by atoms with Crippen LogP contribution in [0.1, 0.15) is 33.1 Å². The van der Waals surface area contributed by atoms with Gasteiger partial charge in [-0.1, -0.05) is 29.8 Å². The van der Waals surface area contributed by atoms with E-state index in [1.165, 1.54) is 0 Å². The molecule has 0 aromatic carbocycles. The van der Waals surface area contributed by atoms with E-state index in [2.05, 4.69) is 21.2 Å². The standard InChI is InChI=1S/C10H18BrNO2/c1-7(2)8(11)9(14)12-10(6-13)4-3-5-10/h7-8,13H,3-6H2,1-2H3,(H,12,14). The van der Waals surface area contributed by atoms with Gasteiger partial charge in [0.05, 0.1) is 17.0 Å². The summed E-state index contributed by atoms with van der Waals surface area (Å²) in [4.78, 5) is 11.5. The highest BCUT2D eigenvalue weighted by Gasteiger charge is 2.38. The van der Waals surface area contributed by atoms with Crippen LogP contribution in [0.3, 0.4) is 0 Å². The van der Waals surface area contributed by atoms with Gasteiger partial charge in [0.2, 0.25) is 5.91 Å². The van der Waals surface area contributed by atoms with E-state index in [0.29, 0.717) is 0 Å². The Morgan fingerprint density at radius 2 is 2.14 bits per heavy atom. The van der Waals surface area contributed by atoms with Crippen LogP contribution in [0.4, 0.5) is 0 Å². The number of hydrogen-bond acceptors (Lipinski definition) is 2. The van der Waals surface area contributed by atoms with Crippen LogP contribution < -0.4 is 5.32 Å². The number of hydrogen-bond donors (Lipinski definition) is 2. The summed E-state index contributed by atoms with van der Waals surface area (Å²) in [6.07, 6.45) is 2.88. The van der Waals surface area contributed by atoms with E-state index in [1.807, 2.05) is 13.8 Å². The number of aliphatic hydroxyl groups excluding tert-OH is 1. The van der Waals surface area contributed by atoms with Crippen molar-refractivity contribution in [2.24, 2.45) is 5.92 Å². The van der Waals surface area contributed by atoms with Gasteiger partial charge in [-0.05, 0) is 25.2 Å². The number of halogens is 1. The highest BCUT2D eigenvalue weighted by molar-refractivity contribution is 9.10. The normalized spacial score (nSPS) is 21.5. The zero-order valence-electron chi connectivity index (χ0n) is 8.72. The predicted molar refractivity (Wildman–Crippen MR) is 59.4 cm³/mol. The van der Waals surface area contributed by atoms with Crippen molar-refractivity contribution in [3.8, 4) is 0 Å². The van der Waals surface area contributed by atoms with E-state index >= 15 is 0 Å². The van der Waals surface area contributed by atoms with Crippen molar-refractivity contribution >= 4 is 21.8 Å². The second-order valence-electron chi connectivity index (χ2n) is 4.43. The van der Waals surface area contributed by atoms with Gasteiger partial charge in [0.1, 0.15) is 0 Å². The van der Waals surface area contributed by atoms with Crippen LogP contribution in [0.5, 0.6) is 0 Å². The summed E-state index contributed by atoms with van der Waals surface area (Å²) < 4.78 is 0. The molecule has 4 heteroatoms. The largest absolute Gasteiger partial charge is 0.394 e. The van der Waals surface area contributed by atoms with Gasteiger partial charge >= 0.3 is 0 Å². The van der Waals surface area contributed by atoms with Crippen molar-refractivity contribution in [1.29, 1.82) is 0 Å². The van der Waals surface area contributed by atoms with Crippen molar-refractivity contribution in [3.63, 3.8) is 0 Å². The molecule has 1 rings (SSSR count). The minimum atomic E-state index is -0.321. The van der Waals surface area contributed by atoms with Crippen molar-refractivity contribution in [2.45, 2.75) is 43.5 Å².